The summed E-state index contributed by atoms with van der Waals surface area (Å²) in [5.41, 5.74) is 3.24. The molecule has 1 aromatic heterocycles. The van der Waals surface area contributed by atoms with E-state index in [4.69, 9.17) is 0 Å². The minimum absolute atomic E-state index is 0.0919. The van der Waals surface area contributed by atoms with Crippen LogP contribution in [0.2, 0.25) is 0 Å². The Morgan fingerprint density at radius 3 is 2.40 bits per heavy atom. The van der Waals surface area contributed by atoms with Crippen LogP contribution in [-0.2, 0) is 23.6 Å². The van der Waals surface area contributed by atoms with E-state index in [0.29, 0.717) is 16.8 Å². The lowest BCUT2D eigenvalue weighted by Crippen LogP contribution is -2.31. The maximum absolute atomic E-state index is 13.8. The predicted molar refractivity (Wildman–Crippen MR) is 137 cm³/mol. The van der Waals surface area contributed by atoms with Crippen LogP contribution in [0.25, 0.3) is 21.9 Å². The molecule has 7 heteroatoms. The molecule has 0 spiro atoms. The molecule has 0 atom stereocenters. The second-order valence-electron chi connectivity index (χ2n) is 8.19. The van der Waals surface area contributed by atoms with Gasteiger partial charge in [-0.3, -0.25) is 4.31 Å². The van der Waals surface area contributed by atoms with Crippen molar-refractivity contribution in [3.8, 4) is 17.2 Å². The molecule has 0 aliphatic heterocycles. The molecule has 0 aliphatic rings. The summed E-state index contributed by atoms with van der Waals surface area (Å²) in [6.07, 6.45) is 3.30. The highest BCUT2D eigenvalue weighted by Gasteiger charge is 2.27. The number of hydrogen-bond acceptors (Lipinski definition) is 4. The van der Waals surface area contributed by atoms with Crippen LogP contribution in [0.4, 0.5) is 5.69 Å². The van der Waals surface area contributed by atoms with Crippen LogP contribution in [-0.4, -0.2) is 18.0 Å². The van der Waals surface area contributed by atoms with Crippen LogP contribution < -0.4 is 4.31 Å². The van der Waals surface area contributed by atoms with E-state index in [2.05, 4.69) is 11.1 Å². The molecular weight excluding hydrogens is 456 g/mol. The summed E-state index contributed by atoms with van der Waals surface area (Å²) < 4.78 is 30.8. The molecule has 6 nitrogen and oxygen atoms in total. The second-order valence-corrected chi connectivity index (χ2v) is 10.1. The van der Waals surface area contributed by atoms with Crippen molar-refractivity contribution in [2.45, 2.75) is 11.4 Å². The average Bonchev–Trinajstić information content (AvgIpc) is 3.31. The molecular formula is C28H22N4O2S. The third-order valence-corrected chi connectivity index (χ3v) is 7.83. The number of rotatable bonds is 6. The Hall–Kier alpha value is -4.41. The topological polar surface area (TPSA) is 79.0 Å². The molecule has 5 rings (SSSR count). The first-order valence-corrected chi connectivity index (χ1v) is 12.5. The number of sulfonamides is 1. The lowest BCUT2D eigenvalue weighted by molar-refractivity contribution is 0.589. The monoisotopic (exact) mass is 478 g/mol. The van der Waals surface area contributed by atoms with Crippen molar-refractivity contribution in [2.24, 2.45) is 7.05 Å². The molecule has 0 bridgehead atoms. The zero-order chi connectivity index (χ0) is 24.4. The number of fused-ring (bicyclic) bond motifs is 1. The minimum atomic E-state index is -3.90. The summed E-state index contributed by atoms with van der Waals surface area (Å²) in [5, 5.41) is 11.9. The molecule has 0 aliphatic carbocycles. The quantitative estimate of drug-likeness (QED) is 0.322. The van der Waals surface area contributed by atoms with Gasteiger partial charge in [-0.2, -0.15) is 5.26 Å². The fraction of sp³-hybridized carbons (Fsp3) is 0.0714. The van der Waals surface area contributed by atoms with Gasteiger partial charge in [-0.05, 0) is 46.7 Å². The van der Waals surface area contributed by atoms with Crippen molar-refractivity contribution in [3.05, 3.63) is 115 Å². The number of nitriles is 1. The molecule has 4 aromatic carbocycles. The largest absolute Gasteiger partial charge is 0.336 e. The number of aryl methyl sites for hydroxylation is 1. The molecule has 35 heavy (non-hydrogen) atoms. The van der Waals surface area contributed by atoms with Crippen molar-refractivity contribution in [3.63, 3.8) is 0 Å². The van der Waals surface area contributed by atoms with E-state index < -0.39 is 10.0 Å². The molecule has 0 amide bonds. The van der Waals surface area contributed by atoms with E-state index in [1.54, 1.807) is 65.6 Å². The molecule has 1 heterocycles. The zero-order valence-electron chi connectivity index (χ0n) is 19.0. The molecule has 0 unspecified atom stereocenters. The Kier molecular flexibility index (Phi) is 5.81. The van der Waals surface area contributed by atoms with Crippen molar-refractivity contribution in [1.82, 2.24) is 9.55 Å². The van der Waals surface area contributed by atoms with Gasteiger partial charge in [-0.15, -0.1) is 0 Å². The van der Waals surface area contributed by atoms with Gasteiger partial charge in [0.15, 0.2) is 0 Å². The highest BCUT2D eigenvalue weighted by Crippen LogP contribution is 2.35. The Morgan fingerprint density at radius 2 is 1.66 bits per heavy atom. The number of anilines is 1. The summed E-state index contributed by atoms with van der Waals surface area (Å²) in [4.78, 5) is 4.34. The maximum Gasteiger partial charge on any atom is 0.264 e. The molecule has 0 fully saturated rings. The first-order chi connectivity index (χ1) is 17.0. The third kappa shape index (κ3) is 4.16. The molecule has 0 saturated heterocycles. The lowest BCUT2D eigenvalue weighted by Gasteiger charge is -2.25. The number of nitrogens with zero attached hydrogens (tertiary/aromatic N) is 4. The van der Waals surface area contributed by atoms with E-state index in [1.165, 1.54) is 4.31 Å². The number of hydrogen-bond donors (Lipinski definition) is 0. The first-order valence-electron chi connectivity index (χ1n) is 11.0. The normalized spacial score (nSPS) is 11.3. The van der Waals surface area contributed by atoms with Crippen LogP contribution >= 0.6 is 0 Å². The second kappa shape index (κ2) is 9.09. The summed E-state index contributed by atoms with van der Waals surface area (Å²) in [6.45, 7) is 0.0919. The molecule has 172 valence electrons. The smallest absolute Gasteiger partial charge is 0.264 e. The van der Waals surface area contributed by atoms with Gasteiger partial charge in [-0.25, -0.2) is 13.4 Å². The SMILES string of the molecule is Cn1cncc1CN(c1ccc(C#N)c(-c2cccc3ccccc23)c1)S(=O)(=O)c1ccccc1. The van der Waals surface area contributed by atoms with Gasteiger partial charge >= 0.3 is 0 Å². The lowest BCUT2D eigenvalue weighted by atomic mass is 9.94. The Labute approximate surface area is 204 Å². The van der Waals surface area contributed by atoms with Gasteiger partial charge in [0.05, 0.1) is 40.8 Å². The Bertz CT molecular complexity index is 1660. The van der Waals surface area contributed by atoms with Gasteiger partial charge in [0.25, 0.3) is 10.0 Å². The van der Waals surface area contributed by atoms with Gasteiger partial charge in [0.2, 0.25) is 0 Å². The van der Waals surface area contributed by atoms with Crippen molar-refractivity contribution < 1.29 is 8.42 Å². The standard InChI is InChI=1S/C28H22N4O2S/c1-31-20-30-18-24(31)19-32(35(33,34)25-10-3-2-4-11-25)23-15-14-22(17-29)28(16-23)27-13-7-9-21-8-5-6-12-26(21)27/h2-16,18,20H,19H2,1H3. The minimum Gasteiger partial charge on any atom is -0.336 e. The van der Waals surface area contributed by atoms with Gasteiger partial charge in [0.1, 0.15) is 0 Å². The first kappa shape index (κ1) is 22.4. The maximum atomic E-state index is 13.8. The molecule has 0 N–H and O–H groups in total. The highest BCUT2D eigenvalue weighted by molar-refractivity contribution is 7.92. The van der Waals surface area contributed by atoms with E-state index in [-0.39, 0.29) is 11.4 Å². The number of aromatic nitrogens is 2. The summed E-state index contributed by atoms with van der Waals surface area (Å²) in [7, 11) is -2.07. The van der Waals surface area contributed by atoms with E-state index in [9.17, 15) is 13.7 Å². The Balaban J connectivity index is 1.72. The van der Waals surface area contributed by atoms with Crippen molar-refractivity contribution in [2.75, 3.05) is 4.31 Å². The van der Waals surface area contributed by atoms with Crippen LogP contribution in [0.1, 0.15) is 11.3 Å². The van der Waals surface area contributed by atoms with E-state index >= 15 is 0 Å². The zero-order valence-corrected chi connectivity index (χ0v) is 19.9. The molecule has 0 radical (unpaired) electrons. The fourth-order valence-corrected chi connectivity index (χ4v) is 5.64. The van der Waals surface area contributed by atoms with Gasteiger partial charge in [-0.1, -0.05) is 60.7 Å². The fourth-order valence-electron chi connectivity index (χ4n) is 4.19. The molecule has 5 aromatic rings. The van der Waals surface area contributed by atoms with Crippen molar-refractivity contribution >= 4 is 26.5 Å². The van der Waals surface area contributed by atoms with E-state index in [1.807, 2.05) is 49.5 Å². The van der Waals surface area contributed by atoms with Crippen LogP contribution in [0.15, 0.2) is 108 Å². The van der Waals surface area contributed by atoms with Gasteiger partial charge in [0, 0.05) is 18.8 Å². The summed E-state index contributed by atoms with van der Waals surface area (Å²) >= 11 is 0. The number of imidazole rings is 1. The van der Waals surface area contributed by atoms with Crippen molar-refractivity contribution in [1.29, 1.82) is 5.26 Å². The third-order valence-electron chi connectivity index (χ3n) is 6.04. The Morgan fingerprint density at radius 1 is 0.914 bits per heavy atom. The van der Waals surface area contributed by atoms with Gasteiger partial charge < -0.3 is 4.57 Å². The predicted octanol–water partition coefficient (Wildman–Crippen LogP) is 5.51. The van der Waals surface area contributed by atoms with Crippen LogP contribution in [0.5, 0.6) is 0 Å². The summed E-state index contributed by atoms with van der Waals surface area (Å²) in [6, 6.07) is 29.6. The highest BCUT2D eigenvalue weighted by atomic mass is 32.2. The van der Waals surface area contributed by atoms with Crippen LogP contribution in [0.3, 0.4) is 0 Å². The van der Waals surface area contributed by atoms with E-state index in [0.717, 1.165) is 22.0 Å². The number of benzene rings is 4. The average molecular weight is 479 g/mol. The van der Waals surface area contributed by atoms with Crippen LogP contribution in [0, 0.1) is 11.3 Å². The molecule has 0 saturated carbocycles. The summed E-state index contributed by atoms with van der Waals surface area (Å²) in [5.74, 6) is 0.